The molecule has 1 heterocycles. The number of benzene rings is 1. The molecule has 1 aliphatic rings. The van der Waals surface area contributed by atoms with Gasteiger partial charge in [-0.2, -0.15) is 0 Å². The number of hydrogen-bond acceptors (Lipinski definition) is 2. The maximum absolute atomic E-state index is 9.12. The van der Waals surface area contributed by atoms with E-state index in [9.17, 15) is 0 Å². The van der Waals surface area contributed by atoms with E-state index in [0.717, 1.165) is 13.0 Å². The van der Waals surface area contributed by atoms with E-state index in [1.807, 2.05) is 0 Å². The minimum Gasteiger partial charge on any atom is -0.396 e. The zero-order valence-electron chi connectivity index (χ0n) is 12.0. The molecule has 0 saturated carbocycles. The third-order valence-corrected chi connectivity index (χ3v) is 4.30. The van der Waals surface area contributed by atoms with E-state index in [4.69, 9.17) is 5.11 Å². The van der Waals surface area contributed by atoms with Gasteiger partial charge in [0.25, 0.3) is 0 Å². The number of aryl methyl sites for hydroxylation is 2. The quantitative estimate of drug-likeness (QED) is 0.886. The molecule has 0 amide bonds. The summed E-state index contributed by atoms with van der Waals surface area (Å²) in [4.78, 5) is 2.50. The van der Waals surface area contributed by atoms with E-state index in [1.165, 1.54) is 23.2 Å². The van der Waals surface area contributed by atoms with Crippen LogP contribution in [0.25, 0.3) is 0 Å². The van der Waals surface area contributed by atoms with Gasteiger partial charge < -0.3 is 10.0 Å². The molecule has 1 unspecified atom stereocenters. The number of hydrogen-bond donors (Lipinski definition) is 1. The number of aliphatic hydroxyl groups is 1. The predicted octanol–water partition coefficient (Wildman–Crippen LogP) is 3.29. The van der Waals surface area contributed by atoms with Gasteiger partial charge in [0.1, 0.15) is 0 Å². The smallest absolute Gasteiger partial charge is 0.0434 e. The molecule has 0 aromatic heterocycles. The van der Waals surface area contributed by atoms with Crippen LogP contribution in [0.4, 0.5) is 5.69 Å². The normalized spacial score (nSPS) is 22.5. The second kappa shape index (κ2) is 4.93. The highest BCUT2D eigenvalue weighted by Gasteiger charge is 2.37. The largest absolute Gasteiger partial charge is 0.396 e. The summed E-state index contributed by atoms with van der Waals surface area (Å²) in [5.74, 6) is 0.617. The van der Waals surface area contributed by atoms with Crippen LogP contribution in [0.15, 0.2) is 18.2 Å². The van der Waals surface area contributed by atoms with Crippen molar-refractivity contribution in [3.05, 3.63) is 29.3 Å². The van der Waals surface area contributed by atoms with Gasteiger partial charge >= 0.3 is 0 Å². The van der Waals surface area contributed by atoms with Gasteiger partial charge in [-0.3, -0.25) is 0 Å². The van der Waals surface area contributed by atoms with E-state index in [1.54, 1.807) is 0 Å². The average molecular weight is 247 g/mol. The number of anilines is 1. The highest BCUT2D eigenvalue weighted by atomic mass is 16.3. The Morgan fingerprint density at radius 3 is 2.61 bits per heavy atom. The second-order valence-corrected chi connectivity index (χ2v) is 6.27. The van der Waals surface area contributed by atoms with Gasteiger partial charge in [0.2, 0.25) is 0 Å². The Morgan fingerprint density at radius 1 is 1.28 bits per heavy atom. The lowest BCUT2D eigenvalue weighted by molar-refractivity contribution is 0.259. The fourth-order valence-electron chi connectivity index (χ4n) is 3.11. The van der Waals surface area contributed by atoms with Crippen LogP contribution in [0.5, 0.6) is 0 Å². The number of rotatable bonds is 3. The lowest BCUT2D eigenvalue weighted by Crippen LogP contribution is -2.38. The van der Waals surface area contributed by atoms with Gasteiger partial charge in [-0.05, 0) is 69.7 Å². The molecule has 2 heteroatoms. The van der Waals surface area contributed by atoms with Crippen molar-refractivity contribution in [2.75, 3.05) is 18.1 Å². The monoisotopic (exact) mass is 247 g/mol. The van der Waals surface area contributed by atoms with Crippen LogP contribution < -0.4 is 4.90 Å². The van der Waals surface area contributed by atoms with Crippen molar-refractivity contribution < 1.29 is 5.11 Å². The lowest BCUT2D eigenvalue weighted by atomic mass is 9.94. The zero-order valence-corrected chi connectivity index (χ0v) is 12.0. The Kier molecular flexibility index (Phi) is 3.67. The summed E-state index contributed by atoms with van der Waals surface area (Å²) in [6.45, 7) is 10.3. The highest BCUT2D eigenvalue weighted by molar-refractivity contribution is 5.53. The van der Waals surface area contributed by atoms with Crippen LogP contribution in [0, 0.1) is 19.8 Å². The van der Waals surface area contributed by atoms with Gasteiger partial charge in [0.05, 0.1) is 0 Å². The molecule has 100 valence electrons. The standard InChI is InChI=1S/C16H25NO/c1-12-5-6-15(9-13(12)2)17-11-14(7-8-18)10-16(17,3)4/h5-6,9,14,18H,7-8,10-11H2,1-4H3. The molecule has 1 saturated heterocycles. The molecule has 1 N–H and O–H groups in total. The molecule has 0 radical (unpaired) electrons. The molecule has 1 aromatic rings. The van der Waals surface area contributed by atoms with E-state index < -0.39 is 0 Å². The summed E-state index contributed by atoms with van der Waals surface area (Å²) >= 11 is 0. The first-order valence-electron chi connectivity index (χ1n) is 6.90. The summed E-state index contributed by atoms with van der Waals surface area (Å²) < 4.78 is 0. The molecule has 2 rings (SSSR count). The summed E-state index contributed by atoms with van der Waals surface area (Å²) in [5.41, 5.74) is 4.22. The fraction of sp³-hybridized carbons (Fsp3) is 0.625. The van der Waals surface area contributed by atoms with Crippen LogP contribution in [0.2, 0.25) is 0 Å². The van der Waals surface area contributed by atoms with E-state index in [2.05, 4.69) is 50.8 Å². The minimum absolute atomic E-state index is 0.196. The molecule has 18 heavy (non-hydrogen) atoms. The van der Waals surface area contributed by atoms with E-state index in [-0.39, 0.29) is 5.54 Å². The van der Waals surface area contributed by atoms with Crippen molar-refractivity contribution in [3.8, 4) is 0 Å². The topological polar surface area (TPSA) is 23.5 Å². The summed E-state index contributed by atoms with van der Waals surface area (Å²) in [6, 6.07) is 6.73. The van der Waals surface area contributed by atoms with Gasteiger partial charge in [-0.15, -0.1) is 0 Å². The second-order valence-electron chi connectivity index (χ2n) is 6.27. The Bertz CT molecular complexity index is 425. The Balaban J connectivity index is 2.24. The molecule has 1 aromatic carbocycles. The molecule has 2 nitrogen and oxygen atoms in total. The molecule has 1 fully saturated rings. The van der Waals surface area contributed by atoms with Crippen molar-refractivity contribution >= 4 is 5.69 Å². The maximum atomic E-state index is 9.12. The van der Waals surface area contributed by atoms with Gasteiger partial charge in [0.15, 0.2) is 0 Å². The average Bonchev–Trinajstić information content (AvgIpc) is 2.58. The zero-order chi connectivity index (χ0) is 13.3. The van der Waals surface area contributed by atoms with Crippen molar-refractivity contribution in [2.24, 2.45) is 5.92 Å². The molecule has 1 aliphatic heterocycles. The van der Waals surface area contributed by atoms with Crippen LogP contribution in [0.1, 0.15) is 37.8 Å². The number of nitrogens with zero attached hydrogens (tertiary/aromatic N) is 1. The summed E-state index contributed by atoms with van der Waals surface area (Å²) in [5, 5.41) is 9.12. The maximum Gasteiger partial charge on any atom is 0.0434 e. The first-order valence-corrected chi connectivity index (χ1v) is 6.90. The SMILES string of the molecule is Cc1ccc(N2CC(CCO)CC2(C)C)cc1C. The van der Waals surface area contributed by atoms with Crippen molar-refractivity contribution in [1.29, 1.82) is 0 Å². The molecule has 0 aliphatic carbocycles. The Hall–Kier alpha value is -1.02. The predicted molar refractivity (Wildman–Crippen MR) is 77.2 cm³/mol. The summed E-state index contributed by atoms with van der Waals surface area (Å²) in [7, 11) is 0. The molecular formula is C16H25NO. The van der Waals surface area contributed by atoms with Gasteiger partial charge in [-0.25, -0.2) is 0 Å². The molecular weight excluding hydrogens is 222 g/mol. The van der Waals surface area contributed by atoms with E-state index in [0.29, 0.717) is 12.5 Å². The molecule has 0 spiro atoms. The highest BCUT2D eigenvalue weighted by Crippen LogP contribution is 2.38. The first-order chi connectivity index (χ1) is 8.44. The fourth-order valence-corrected chi connectivity index (χ4v) is 3.11. The summed E-state index contributed by atoms with van der Waals surface area (Å²) in [6.07, 6.45) is 2.09. The van der Waals surface area contributed by atoms with Gasteiger partial charge in [0, 0.05) is 24.4 Å². The molecule has 0 bridgehead atoms. The van der Waals surface area contributed by atoms with Crippen LogP contribution in [-0.2, 0) is 0 Å². The van der Waals surface area contributed by atoms with Crippen LogP contribution in [-0.4, -0.2) is 23.8 Å². The van der Waals surface area contributed by atoms with Gasteiger partial charge in [-0.1, -0.05) is 6.07 Å². The third kappa shape index (κ3) is 2.54. The minimum atomic E-state index is 0.196. The lowest BCUT2D eigenvalue weighted by Gasteiger charge is -2.34. The Morgan fingerprint density at radius 2 is 2.00 bits per heavy atom. The van der Waals surface area contributed by atoms with Crippen LogP contribution in [0.3, 0.4) is 0 Å². The number of aliphatic hydroxyl groups excluding tert-OH is 1. The van der Waals surface area contributed by atoms with Crippen molar-refractivity contribution in [2.45, 2.75) is 46.1 Å². The third-order valence-electron chi connectivity index (χ3n) is 4.30. The van der Waals surface area contributed by atoms with E-state index >= 15 is 0 Å². The van der Waals surface area contributed by atoms with Crippen LogP contribution >= 0.6 is 0 Å². The first kappa shape index (κ1) is 13.4. The van der Waals surface area contributed by atoms with Crippen molar-refractivity contribution in [1.82, 2.24) is 0 Å². The Labute approximate surface area is 111 Å². The molecule has 1 atom stereocenters. The van der Waals surface area contributed by atoms with Crippen molar-refractivity contribution in [3.63, 3.8) is 0 Å².